The smallest absolute Gasteiger partial charge is 0.159 e. The minimum Gasteiger partial charge on any atom is -0.454 e. The Bertz CT molecular complexity index is 4960. The maximum Gasteiger partial charge on any atom is 0.159 e. The number of para-hydroxylation sites is 4. The quantitative estimate of drug-likeness (QED) is 0.141. The molecule has 0 unspecified atom stereocenters. The molecule has 16 rings (SSSR count). The van der Waals surface area contributed by atoms with E-state index in [-0.39, 0.29) is 0 Å². The van der Waals surface area contributed by atoms with E-state index in [2.05, 4.69) is 204 Å². The topological polar surface area (TPSA) is 80.3 Å². The molecule has 0 aliphatic rings. The minimum absolute atomic E-state index is 0.575. The lowest BCUT2D eigenvalue weighted by atomic mass is 9.85. The van der Waals surface area contributed by atoms with Gasteiger partial charge in [0, 0.05) is 54.5 Å². The summed E-state index contributed by atoms with van der Waals surface area (Å²) in [6, 6.07) is 94.0. The summed E-state index contributed by atoms with van der Waals surface area (Å²) >= 11 is 0. The molecule has 0 N–H and O–H groups in total. The Balaban J connectivity index is 1.08. The fourth-order valence-corrected chi connectivity index (χ4v) is 12.7. The normalized spacial score (nSPS) is 11.7. The second kappa shape index (κ2) is 17.7. The molecule has 370 valence electrons. The van der Waals surface area contributed by atoms with Crippen molar-refractivity contribution in [1.29, 1.82) is 10.5 Å². The van der Waals surface area contributed by atoms with Crippen molar-refractivity contribution >= 4 is 132 Å². The standard InChI is InChI=1S/C74H42N4O2/c75-43-49-39-51(37-47-21-7-9-23-53(47)49)77(65-29-15-27-59-55-25-11-13-31-69(55)79-73(59)65)67-41-63(45-17-3-1-4-18-45)57-33-35-62-68(42-64(46-19-5-2-6-20-46)58-34-36-61(67)71(57)72(58)62)78(52-38-48-22-8-10-24-54(48)50(40-52)44-76)66-30-16-28-60-56-26-12-14-32-70(56)80-74(60)66/h1-42H. The highest BCUT2D eigenvalue weighted by Crippen LogP contribution is 2.54. The Morgan fingerprint density at radius 3 is 1.10 bits per heavy atom. The van der Waals surface area contributed by atoms with E-state index >= 15 is 0 Å². The van der Waals surface area contributed by atoms with Crippen LogP contribution in [0.25, 0.3) is 120 Å². The second-order valence-electron chi connectivity index (χ2n) is 20.5. The Morgan fingerprint density at radius 2 is 0.662 bits per heavy atom. The number of rotatable bonds is 8. The maximum atomic E-state index is 10.9. The first kappa shape index (κ1) is 45.1. The highest BCUT2D eigenvalue weighted by molar-refractivity contribution is 6.33. The van der Waals surface area contributed by atoms with Crippen LogP contribution >= 0.6 is 0 Å². The van der Waals surface area contributed by atoms with Crippen LogP contribution in [0.3, 0.4) is 0 Å². The Morgan fingerprint density at radius 1 is 0.287 bits per heavy atom. The van der Waals surface area contributed by atoms with Gasteiger partial charge in [0.2, 0.25) is 0 Å². The fraction of sp³-hybridized carbons (Fsp3) is 0. The zero-order chi connectivity index (χ0) is 53.0. The van der Waals surface area contributed by atoms with Gasteiger partial charge in [-0.2, -0.15) is 10.5 Å². The fourth-order valence-electron chi connectivity index (χ4n) is 12.7. The first-order valence-electron chi connectivity index (χ1n) is 26.8. The molecule has 0 atom stereocenters. The zero-order valence-corrected chi connectivity index (χ0v) is 42.9. The Kier molecular flexibility index (Phi) is 9.96. The van der Waals surface area contributed by atoms with E-state index in [9.17, 15) is 10.5 Å². The second-order valence-corrected chi connectivity index (χ2v) is 20.5. The van der Waals surface area contributed by atoms with E-state index in [1.54, 1.807) is 0 Å². The summed E-state index contributed by atoms with van der Waals surface area (Å²) in [5.41, 5.74) is 13.6. The van der Waals surface area contributed by atoms with Crippen LogP contribution in [-0.2, 0) is 0 Å². The first-order chi connectivity index (χ1) is 39.6. The zero-order valence-electron chi connectivity index (χ0n) is 42.9. The summed E-state index contributed by atoms with van der Waals surface area (Å²) in [7, 11) is 0. The summed E-state index contributed by atoms with van der Waals surface area (Å²) in [5.74, 6) is 0. The van der Waals surface area contributed by atoms with Gasteiger partial charge in [0.15, 0.2) is 11.2 Å². The third kappa shape index (κ3) is 6.77. The number of furan rings is 2. The number of anilines is 6. The molecule has 0 fully saturated rings. The summed E-state index contributed by atoms with van der Waals surface area (Å²) in [5, 5.41) is 35.9. The molecule has 80 heavy (non-hydrogen) atoms. The average molecular weight is 1020 g/mol. The third-order valence-electron chi connectivity index (χ3n) is 16.2. The van der Waals surface area contributed by atoms with E-state index in [0.717, 1.165) is 154 Å². The molecular formula is C74H42N4O2. The van der Waals surface area contributed by atoms with Gasteiger partial charge in [0.25, 0.3) is 0 Å². The number of fused-ring (bicyclic) bond motifs is 8. The number of nitrogens with zero attached hydrogens (tertiary/aromatic N) is 4. The van der Waals surface area contributed by atoms with Crippen molar-refractivity contribution in [1.82, 2.24) is 0 Å². The van der Waals surface area contributed by atoms with E-state index in [1.807, 2.05) is 72.8 Å². The highest BCUT2D eigenvalue weighted by atomic mass is 16.3. The van der Waals surface area contributed by atoms with Gasteiger partial charge < -0.3 is 18.6 Å². The Hall–Kier alpha value is -11.2. The van der Waals surface area contributed by atoms with Gasteiger partial charge in [-0.15, -0.1) is 0 Å². The number of nitriles is 2. The van der Waals surface area contributed by atoms with E-state index < -0.39 is 0 Å². The van der Waals surface area contributed by atoms with Gasteiger partial charge in [-0.05, 0) is 115 Å². The molecule has 0 saturated carbocycles. The van der Waals surface area contributed by atoms with Crippen molar-refractivity contribution in [2.45, 2.75) is 0 Å². The molecular weight excluding hydrogens is 977 g/mol. The van der Waals surface area contributed by atoms with Gasteiger partial charge in [-0.1, -0.05) is 194 Å². The molecule has 0 radical (unpaired) electrons. The number of hydrogen-bond donors (Lipinski definition) is 0. The van der Waals surface area contributed by atoms with Crippen LogP contribution in [0, 0.1) is 22.7 Å². The molecule has 0 aliphatic heterocycles. The maximum absolute atomic E-state index is 10.9. The summed E-state index contributed by atoms with van der Waals surface area (Å²) in [6.07, 6.45) is 0. The molecule has 0 aliphatic carbocycles. The average Bonchev–Trinajstić information content (AvgIpc) is 4.17. The molecule has 6 heteroatoms. The molecule has 0 spiro atoms. The molecule has 6 nitrogen and oxygen atoms in total. The summed E-state index contributed by atoms with van der Waals surface area (Å²) in [4.78, 5) is 4.62. The van der Waals surface area contributed by atoms with E-state index in [0.29, 0.717) is 11.1 Å². The Labute approximate surface area is 459 Å². The van der Waals surface area contributed by atoms with Gasteiger partial charge in [0.05, 0.1) is 46.0 Å². The van der Waals surface area contributed by atoms with Crippen LogP contribution in [0.1, 0.15) is 11.1 Å². The third-order valence-corrected chi connectivity index (χ3v) is 16.2. The molecule has 0 amide bonds. The van der Waals surface area contributed by atoms with E-state index in [1.165, 1.54) is 0 Å². The number of hydrogen-bond acceptors (Lipinski definition) is 6. The molecule has 2 heterocycles. The van der Waals surface area contributed by atoms with Gasteiger partial charge in [-0.25, -0.2) is 0 Å². The summed E-state index contributed by atoms with van der Waals surface area (Å²) < 4.78 is 13.9. The highest BCUT2D eigenvalue weighted by Gasteiger charge is 2.29. The molecule has 14 aromatic carbocycles. The first-order valence-corrected chi connectivity index (χ1v) is 26.8. The SMILES string of the molecule is N#Cc1cc(N(c2cc(-c3ccccc3)c3ccc4c(N(c5cc(C#N)c6ccccc6c5)c5cccc6c5oc5ccccc56)cc(-c5ccccc5)c5ccc2c3c54)c2cccc3c2oc2ccccc23)cc2ccccc12. The van der Waals surface area contributed by atoms with Crippen molar-refractivity contribution in [3.63, 3.8) is 0 Å². The molecule has 16 aromatic rings. The molecule has 0 saturated heterocycles. The van der Waals surface area contributed by atoms with Crippen molar-refractivity contribution in [3.05, 3.63) is 266 Å². The predicted octanol–water partition coefficient (Wildman–Crippen LogP) is 20.7. The van der Waals surface area contributed by atoms with Gasteiger partial charge >= 0.3 is 0 Å². The van der Waals surface area contributed by atoms with Gasteiger partial charge in [0.1, 0.15) is 11.2 Å². The lowest BCUT2D eigenvalue weighted by molar-refractivity contribution is 0.669. The van der Waals surface area contributed by atoms with Crippen LogP contribution in [-0.4, -0.2) is 0 Å². The molecule has 2 aromatic heterocycles. The van der Waals surface area contributed by atoms with Crippen LogP contribution in [0.15, 0.2) is 264 Å². The van der Waals surface area contributed by atoms with Gasteiger partial charge in [-0.3, -0.25) is 0 Å². The van der Waals surface area contributed by atoms with Crippen molar-refractivity contribution in [3.8, 4) is 34.4 Å². The lowest BCUT2D eigenvalue weighted by Gasteiger charge is -2.31. The molecule has 0 bridgehead atoms. The van der Waals surface area contributed by atoms with Crippen molar-refractivity contribution in [2.24, 2.45) is 0 Å². The summed E-state index contributed by atoms with van der Waals surface area (Å²) in [6.45, 7) is 0. The van der Waals surface area contributed by atoms with Crippen LogP contribution in [0.2, 0.25) is 0 Å². The van der Waals surface area contributed by atoms with Crippen molar-refractivity contribution < 1.29 is 8.83 Å². The van der Waals surface area contributed by atoms with Crippen molar-refractivity contribution in [2.75, 3.05) is 9.80 Å². The lowest BCUT2D eigenvalue weighted by Crippen LogP contribution is -2.13. The van der Waals surface area contributed by atoms with E-state index in [4.69, 9.17) is 8.83 Å². The van der Waals surface area contributed by atoms with Crippen LogP contribution in [0.5, 0.6) is 0 Å². The van der Waals surface area contributed by atoms with Crippen LogP contribution in [0.4, 0.5) is 34.1 Å². The predicted molar refractivity (Wildman–Crippen MR) is 329 cm³/mol. The monoisotopic (exact) mass is 1020 g/mol. The largest absolute Gasteiger partial charge is 0.454 e. The number of benzene rings is 14. The van der Waals surface area contributed by atoms with Crippen LogP contribution < -0.4 is 9.80 Å². The minimum atomic E-state index is 0.575.